The first kappa shape index (κ1) is 14.4. The van der Waals surface area contributed by atoms with Crippen LogP contribution < -0.4 is 20.3 Å². The zero-order valence-electron chi connectivity index (χ0n) is 11.8. The van der Waals surface area contributed by atoms with Crippen molar-refractivity contribution in [2.75, 3.05) is 13.2 Å². The van der Waals surface area contributed by atoms with Gasteiger partial charge >= 0.3 is 0 Å². The molecular weight excluding hydrogens is 304 g/mol. The molecule has 0 aliphatic carbocycles. The quantitative estimate of drug-likeness (QED) is 0.829. The molecule has 0 saturated heterocycles. The van der Waals surface area contributed by atoms with Crippen molar-refractivity contribution >= 4 is 23.2 Å². The zero-order valence-corrected chi connectivity index (χ0v) is 12.7. The van der Waals surface area contributed by atoms with E-state index in [1.165, 1.54) is 11.3 Å². The second-order valence-corrected chi connectivity index (χ2v) is 5.62. The molecule has 0 radical (unpaired) electrons. The molecule has 0 unspecified atom stereocenters. The molecule has 0 bridgehead atoms. The van der Waals surface area contributed by atoms with Gasteiger partial charge in [0.05, 0.1) is 4.88 Å². The fourth-order valence-corrected chi connectivity index (χ4v) is 2.85. The van der Waals surface area contributed by atoms with Crippen molar-refractivity contribution in [3.05, 3.63) is 45.6 Å². The molecule has 1 aliphatic rings. The topological polar surface area (TPSA) is 76.7 Å². The lowest BCUT2D eigenvalue weighted by Gasteiger charge is -2.18. The Morgan fingerprint density at radius 3 is 2.50 bits per heavy atom. The van der Waals surface area contributed by atoms with Crippen molar-refractivity contribution in [1.82, 2.24) is 10.9 Å². The summed E-state index contributed by atoms with van der Waals surface area (Å²) in [4.78, 5) is 24.6. The van der Waals surface area contributed by atoms with Crippen LogP contribution in [0, 0.1) is 6.92 Å². The van der Waals surface area contributed by atoms with Crippen LogP contribution in [0.25, 0.3) is 0 Å². The van der Waals surface area contributed by atoms with E-state index in [2.05, 4.69) is 10.9 Å². The predicted octanol–water partition coefficient (Wildman–Crippen LogP) is 1.90. The molecule has 1 aromatic heterocycles. The van der Waals surface area contributed by atoms with E-state index in [0.717, 1.165) is 5.56 Å². The van der Waals surface area contributed by atoms with Crippen LogP contribution in [0.15, 0.2) is 29.6 Å². The lowest BCUT2D eigenvalue weighted by molar-refractivity contribution is 0.0848. The molecule has 0 atom stereocenters. The van der Waals surface area contributed by atoms with Gasteiger partial charge in [0.1, 0.15) is 13.2 Å². The second-order valence-electron chi connectivity index (χ2n) is 4.70. The minimum atomic E-state index is -0.417. The van der Waals surface area contributed by atoms with Gasteiger partial charge in [0.25, 0.3) is 11.8 Å². The number of benzene rings is 1. The van der Waals surface area contributed by atoms with Crippen LogP contribution in [-0.2, 0) is 0 Å². The van der Waals surface area contributed by atoms with Gasteiger partial charge in [-0.1, -0.05) is 0 Å². The van der Waals surface area contributed by atoms with Gasteiger partial charge in [-0.05, 0) is 42.1 Å². The van der Waals surface area contributed by atoms with E-state index < -0.39 is 5.91 Å². The van der Waals surface area contributed by atoms with E-state index in [9.17, 15) is 9.59 Å². The van der Waals surface area contributed by atoms with Gasteiger partial charge in [-0.2, -0.15) is 0 Å². The number of amides is 2. The van der Waals surface area contributed by atoms with E-state index in [-0.39, 0.29) is 5.91 Å². The van der Waals surface area contributed by atoms with Crippen molar-refractivity contribution in [3.8, 4) is 11.5 Å². The fourth-order valence-electron chi connectivity index (χ4n) is 2.03. The fraction of sp³-hybridized carbons (Fsp3) is 0.200. The van der Waals surface area contributed by atoms with Crippen molar-refractivity contribution in [2.45, 2.75) is 6.92 Å². The van der Waals surface area contributed by atoms with E-state index in [0.29, 0.717) is 35.2 Å². The Kier molecular flexibility index (Phi) is 3.97. The number of carbonyl (C=O) groups is 2. The minimum Gasteiger partial charge on any atom is -0.486 e. The Morgan fingerprint density at radius 2 is 1.77 bits per heavy atom. The summed E-state index contributed by atoms with van der Waals surface area (Å²) in [5.74, 6) is 0.387. The van der Waals surface area contributed by atoms with Crippen LogP contribution in [0.3, 0.4) is 0 Å². The van der Waals surface area contributed by atoms with Crippen LogP contribution in [0.2, 0.25) is 0 Å². The maximum Gasteiger partial charge on any atom is 0.280 e. The van der Waals surface area contributed by atoms with E-state index in [1.807, 2.05) is 18.4 Å². The van der Waals surface area contributed by atoms with Crippen molar-refractivity contribution in [2.24, 2.45) is 0 Å². The summed E-state index contributed by atoms with van der Waals surface area (Å²) in [6, 6.07) is 6.73. The molecule has 0 saturated carbocycles. The Morgan fingerprint density at radius 1 is 1.05 bits per heavy atom. The summed E-state index contributed by atoms with van der Waals surface area (Å²) in [5, 5.41) is 1.83. The molecule has 114 valence electrons. The normalized spacial score (nSPS) is 12.6. The van der Waals surface area contributed by atoms with Crippen LogP contribution in [0.4, 0.5) is 0 Å². The number of hydrogen-bond donors (Lipinski definition) is 2. The van der Waals surface area contributed by atoms with Gasteiger partial charge in [0, 0.05) is 5.56 Å². The number of carbonyl (C=O) groups excluding carboxylic acids is 2. The number of aryl methyl sites for hydroxylation is 1. The highest BCUT2D eigenvalue weighted by molar-refractivity contribution is 7.12. The standard InChI is InChI=1S/C15H14N2O4S/c1-9-4-7-22-13(9)15(19)17-16-14(18)10-2-3-11-12(8-10)21-6-5-20-11/h2-4,7-8H,5-6H2,1H3,(H,16,18)(H,17,19). The maximum atomic E-state index is 12.1. The predicted molar refractivity (Wildman–Crippen MR) is 81.4 cm³/mol. The summed E-state index contributed by atoms with van der Waals surface area (Å²) in [7, 11) is 0. The number of hydrazine groups is 1. The molecular formula is C15H14N2O4S. The van der Waals surface area contributed by atoms with Crippen LogP contribution in [0.1, 0.15) is 25.6 Å². The Labute approximate surface area is 131 Å². The Balaban J connectivity index is 1.65. The van der Waals surface area contributed by atoms with Gasteiger partial charge in [-0.25, -0.2) is 0 Å². The average molecular weight is 318 g/mol. The van der Waals surface area contributed by atoms with Gasteiger partial charge in [-0.3, -0.25) is 20.4 Å². The highest BCUT2D eigenvalue weighted by Crippen LogP contribution is 2.30. The molecule has 2 aromatic rings. The van der Waals surface area contributed by atoms with Gasteiger partial charge in [0.15, 0.2) is 11.5 Å². The summed E-state index contributed by atoms with van der Waals surface area (Å²) in [6.07, 6.45) is 0. The molecule has 2 N–H and O–H groups in total. The molecule has 22 heavy (non-hydrogen) atoms. The third kappa shape index (κ3) is 2.89. The molecule has 3 rings (SSSR count). The molecule has 0 fully saturated rings. The molecule has 6 nitrogen and oxygen atoms in total. The third-order valence-corrected chi connectivity index (χ3v) is 4.18. The monoisotopic (exact) mass is 318 g/mol. The smallest absolute Gasteiger partial charge is 0.280 e. The first-order valence-electron chi connectivity index (χ1n) is 6.69. The molecule has 2 heterocycles. The molecule has 7 heteroatoms. The first-order chi connectivity index (χ1) is 10.6. The highest BCUT2D eigenvalue weighted by atomic mass is 32.1. The second kappa shape index (κ2) is 6.07. The third-order valence-electron chi connectivity index (χ3n) is 3.16. The summed E-state index contributed by atoms with van der Waals surface area (Å²) >= 11 is 1.32. The maximum absolute atomic E-state index is 12.1. The SMILES string of the molecule is Cc1ccsc1C(=O)NNC(=O)c1ccc2c(c1)OCCO2. The molecule has 2 amide bonds. The molecule has 1 aromatic carbocycles. The number of ether oxygens (including phenoxy) is 2. The number of hydrogen-bond acceptors (Lipinski definition) is 5. The van der Waals surface area contributed by atoms with Gasteiger partial charge in [0.2, 0.25) is 0 Å². The number of nitrogens with one attached hydrogen (secondary N) is 2. The van der Waals surface area contributed by atoms with E-state index >= 15 is 0 Å². The molecule has 1 aliphatic heterocycles. The number of rotatable bonds is 2. The lowest BCUT2D eigenvalue weighted by Crippen LogP contribution is -2.41. The average Bonchev–Trinajstić information content (AvgIpc) is 2.98. The van der Waals surface area contributed by atoms with E-state index in [1.54, 1.807) is 18.2 Å². The zero-order chi connectivity index (χ0) is 15.5. The van der Waals surface area contributed by atoms with Gasteiger partial charge < -0.3 is 9.47 Å². The summed E-state index contributed by atoms with van der Waals surface area (Å²) in [6.45, 7) is 2.79. The first-order valence-corrected chi connectivity index (χ1v) is 7.57. The van der Waals surface area contributed by atoms with Crippen molar-refractivity contribution in [1.29, 1.82) is 0 Å². The lowest BCUT2D eigenvalue weighted by atomic mass is 10.2. The summed E-state index contributed by atoms with van der Waals surface area (Å²) in [5.41, 5.74) is 6.05. The molecule has 0 spiro atoms. The number of fused-ring (bicyclic) bond motifs is 1. The van der Waals surface area contributed by atoms with Crippen LogP contribution in [0.5, 0.6) is 11.5 Å². The highest BCUT2D eigenvalue weighted by Gasteiger charge is 2.16. The summed E-state index contributed by atoms with van der Waals surface area (Å²) < 4.78 is 10.8. The van der Waals surface area contributed by atoms with Crippen LogP contribution in [-0.4, -0.2) is 25.0 Å². The van der Waals surface area contributed by atoms with Crippen molar-refractivity contribution in [3.63, 3.8) is 0 Å². The van der Waals surface area contributed by atoms with Crippen molar-refractivity contribution < 1.29 is 19.1 Å². The largest absolute Gasteiger partial charge is 0.486 e. The Hall–Kier alpha value is -2.54. The minimum absolute atomic E-state index is 0.335. The number of thiophene rings is 1. The Bertz CT molecular complexity index is 726. The van der Waals surface area contributed by atoms with E-state index in [4.69, 9.17) is 9.47 Å². The van der Waals surface area contributed by atoms with Crippen LogP contribution >= 0.6 is 11.3 Å². The van der Waals surface area contributed by atoms with Gasteiger partial charge in [-0.15, -0.1) is 11.3 Å².